The van der Waals surface area contributed by atoms with Crippen LogP contribution in [0, 0.1) is 23.7 Å². The molecule has 5 fully saturated rings. The van der Waals surface area contributed by atoms with Gasteiger partial charge in [0.25, 0.3) is 5.97 Å². The van der Waals surface area contributed by atoms with Crippen molar-refractivity contribution in [1.82, 2.24) is 4.90 Å². The van der Waals surface area contributed by atoms with Gasteiger partial charge in [0.05, 0.1) is 59.8 Å². The molecule has 5 aliphatic heterocycles. The lowest BCUT2D eigenvalue weighted by atomic mass is 9.74. The Morgan fingerprint density at radius 1 is 0.904 bits per heavy atom. The molecule has 5 saturated heterocycles. The predicted molar refractivity (Wildman–Crippen MR) is 188 cm³/mol. The molecule has 5 heterocycles. The maximum Gasteiger partial charge on any atom is 0.286 e. The number of methoxy groups -OCH3 is 1. The van der Waals surface area contributed by atoms with E-state index >= 15 is 0 Å². The fourth-order valence-electron chi connectivity index (χ4n) is 10.1. The average molecular weight is 750 g/mol. The fourth-order valence-corrected chi connectivity index (χ4v) is 10.1. The van der Waals surface area contributed by atoms with E-state index in [0.717, 1.165) is 0 Å². The summed E-state index contributed by atoms with van der Waals surface area (Å²) >= 11 is 0. The Bertz CT molecular complexity index is 1200. The minimum Gasteiger partial charge on any atom is -0.387 e. The van der Waals surface area contributed by atoms with E-state index in [4.69, 9.17) is 37.9 Å². The Kier molecular flexibility index (Phi) is 12.9. The monoisotopic (exact) mass is 749 g/mol. The third-order valence-corrected chi connectivity index (χ3v) is 13.2. The van der Waals surface area contributed by atoms with Crippen molar-refractivity contribution in [2.24, 2.45) is 23.7 Å². The Labute approximate surface area is 309 Å². The van der Waals surface area contributed by atoms with Crippen LogP contribution in [0.3, 0.4) is 0 Å². The van der Waals surface area contributed by atoms with Gasteiger partial charge in [-0.05, 0) is 66.8 Å². The molecule has 0 spiro atoms. The van der Waals surface area contributed by atoms with Crippen molar-refractivity contribution in [3.63, 3.8) is 0 Å². The molecule has 0 aliphatic carbocycles. The highest BCUT2D eigenvalue weighted by molar-refractivity contribution is 5.07. The van der Waals surface area contributed by atoms with Gasteiger partial charge in [0, 0.05) is 38.0 Å². The molecule has 0 aromatic rings. The second-order valence-corrected chi connectivity index (χ2v) is 17.4. The largest absolute Gasteiger partial charge is 0.387 e. The van der Waals surface area contributed by atoms with Gasteiger partial charge in [-0.1, -0.05) is 34.6 Å². The van der Waals surface area contributed by atoms with Crippen LogP contribution in [0.15, 0.2) is 0 Å². The topological polar surface area (TPSA) is 158 Å². The van der Waals surface area contributed by atoms with E-state index in [0.29, 0.717) is 19.3 Å². The number of hydrogen-bond acceptors (Lipinski definition) is 13. The van der Waals surface area contributed by atoms with Crippen molar-refractivity contribution < 1.29 is 62.7 Å². The van der Waals surface area contributed by atoms with Crippen molar-refractivity contribution in [1.29, 1.82) is 0 Å². The summed E-state index contributed by atoms with van der Waals surface area (Å²) in [6.07, 6.45) is -7.03. The number of fused-ring (bicyclic) bond motifs is 4. The zero-order valence-electron chi connectivity index (χ0n) is 33.4. The van der Waals surface area contributed by atoms with Crippen LogP contribution in [0.1, 0.15) is 94.9 Å². The molecule has 5 aliphatic rings. The second kappa shape index (κ2) is 15.7. The van der Waals surface area contributed by atoms with E-state index < -0.39 is 115 Å². The van der Waals surface area contributed by atoms with E-state index in [1.54, 1.807) is 39.6 Å². The first-order valence-corrected chi connectivity index (χ1v) is 19.4. The molecular weight excluding hydrogens is 681 g/mol. The van der Waals surface area contributed by atoms with E-state index in [1.807, 2.05) is 34.6 Å². The summed E-state index contributed by atoms with van der Waals surface area (Å²) in [7, 11) is 3.32. The summed E-state index contributed by atoms with van der Waals surface area (Å²) in [6.45, 7) is 18.4. The third-order valence-electron chi connectivity index (χ3n) is 13.2. The molecule has 52 heavy (non-hydrogen) atoms. The molecule has 0 radical (unpaired) electrons. The summed E-state index contributed by atoms with van der Waals surface area (Å²) in [5, 5.41) is 47.2. The van der Waals surface area contributed by atoms with Crippen LogP contribution in [0.5, 0.6) is 0 Å². The smallest absolute Gasteiger partial charge is 0.286 e. The third kappa shape index (κ3) is 7.73. The fraction of sp³-hybridized carbons (Fsp3) is 1.00. The SMILES string of the molecule is CC[C@H]1O[C@]2(O)O[C@H]([C@@H](C)C3O[C@@](C)(C[C@@H]3C)[C@H](O[C@@H]3OC(C)CC(N(C)CCF)C3O)[C@@H](C)[C@H](O[C@H]3CC(C)(OC)[C@@H](O)C(C)O3)[C@H]2C)[C@]1(C)O. The Hall–Kier alpha value is -0.590. The van der Waals surface area contributed by atoms with Crippen molar-refractivity contribution in [3.8, 4) is 0 Å². The zero-order valence-corrected chi connectivity index (χ0v) is 33.4. The number of ether oxygens (including phenoxy) is 8. The van der Waals surface area contributed by atoms with Crippen LogP contribution in [-0.2, 0) is 37.9 Å². The minimum absolute atomic E-state index is 0.0177. The zero-order chi connectivity index (χ0) is 38.7. The molecule has 5 rings (SSSR count). The highest BCUT2D eigenvalue weighted by Crippen LogP contribution is 2.52. The summed E-state index contributed by atoms with van der Waals surface area (Å²) < 4.78 is 65.6. The van der Waals surface area contributed by atoms with Gasteiger partial charge in [0.2, 0.25) is 0 Å². The van der Waals surface area contributed by atoms with Crippen molar-refractivity contribution in [3.05, 3.63) is 0 Å². The first-order chi connectivity index (χ1) is 24.2. The van der Waals surface area contributed by atoms with Crippen molar-refractivity contribution in [2.75, 3.05) is 27.4 Å². The normalized spacial score (nSPS) is 54.6. The lowest BCUT2D eigenvalue weighted by Gasteiger charge is -2.55. The number of hydrogen-bond donors (Lipinski definition) is 4. The minimum atomic E-state index is -2.21. The second-order valence-electron chi connectivity index (χ2n) is 17.4. The van der Waals surface area contributed by atoms with Gasteiger partial charge in [-0.15, -0.1) is 0 Å². The van der Waals surface area contributed by atoms with E-state index in [1.165, 1.54) is 7.11 Å². The summed E-state index contributed by atoms with van der Waals surface area (Å²) in [4.78, 5) is 1.80. The van der Waals surface area contributed by atoms with Gasteiger partial charge in [-0.3, -0.25) is 4.90 Å². The maximum atomic E-state index is 13.5. The molecule has 20 atom stereocenters. The number of likely N-dealkylation sites (N-methyl/N-ethyl adjacent to an activating group) is 1. The van der Waals surface area contributed by atoms with Gasteiger partial charge >= 0.3 is 0 Å². The summed E-state index contributed by atoms with van der Waals surface area (Å²) in [5.74, 6) is -4.11. The number of halogens is 1. The van der Waals surface area contributed by atoms with Crippen LogP contribution in [0.2, 0.25) is 0 Å². The first kappa shape index (κ1) is 42.6. The van der Waals surface area contributed by atoms with Crippen LogP contribution in [0.25, 0.3) is 0 Å². The highest BCUT2D eigenvalue weighted by atomic mass is 19.1. The number of nitrogens with zero attached hydrogens (tertiary/aromatic N) is 1. The van der Waals surface area contributed by atoms with Crippen LogP contribution >= 0.6 is 0 Å². The molecule has 304 valence electrons. The number of aliphatic hydroxyl groups excluding tert-OH is 2. The van der Waals surface area contributed by atoms with Crippen LogP contribution < -0.4 is 0 Å². The Morgan fingerprint density at radius 2 is 1.58 bits per heavy atom. The molecular formula is C38H68FNO12. The van der Waals surface area contributed by atoms with Gasteiger partial charge in [0.1, 0.15) is 24.5 Å². The molecule has 4 bridgehead atoms. The number of alkyl halides is 1. The van der Waals surface area contributed by atoms with Crippen LogP contribution in [0.4, 0.5) is 4.39 Å². The lowest BCUT2D eigenvalue weighted by Crippen LogP contribution is -2.69. The highest BCUT2D eigenvalue weighted by Gasteiger charge is 2.64. The Balaban J connectivity index is 1.61. The first-order valence-electron chi connectivity index (χ1n) is 19.4. The lowest BCUT2D eigenvalue weighted by molar-refractivity contribution is -0.481. The molecule has 0 amide bonds. The molecule has 0 saturated carbocycles. The molecule has 14 heteroatoms. The number of aliphatic hydroxyl groups is 4. The van der Waals surface area contributed by atoms with Gasteiger partial charge in [-0.2, -0.15) is 0 Å². The quantitative estimate of drug-likeness (QED) is 0.273. The van der Waals surface area contributed by atoms with Crippen molar-refractivity contribution in [2.45, 2.75) is 191 Å². The predicted octanol–water partition coefficient (Wildman–Crippen LogP) is 3.12. The van der Waals surface area contributed by atoms with E-state index in [-0.39, 0.29) is 25.0 Å². The average Bonchev–Trinajstić information content (AvgIpc) is 3.39. The summed E-state index contributed by atoms with van der Waals surface area (Å²) in [6, 6.07) is -0.414. The molecule has 0 aromatic heterocycles. The van der Waals surface area contributed by atoms with Crippen LogP contribution in [-0.4, -0.2) is 149 Å². The van der Waals surface area contributed by atoms with E-state index in [9.17, 15) is 24.8 Å². The Morgan fingerprint density at radius 3 is 2.19 bits per heavy atom. The molecule has 4 N–H and O–H groups in total. The van der Waals surface area contributed by atoms with Crippen molar-refractivity contribution >= 4 is 0 Å². The van der Waals surface area contributed by atoms with Gasteiger partial charge < -0.3 is 58.3 Å². The molecule has 0 aromatic carbocycles. The van der Waals surface area contributed by atoms with E-state index in [2.05, 4.69) is 6.92 Å². The maximum absolute atomic E-state index is 13.5. The number of rotatable bonds is 9. The van der Waals surface area contributed by atoms with Gasteiger partial charge in [-0.25, -0.2) is 4.39 Å². The standard InChI is InChI=1S/C38H68FNO12/c1-13-26-37(10,43)33-21(4)29-19(2)17-36(9,51-29)32(49-34-28(41)25(16-20(3)46-34)40(11)15-14-39)22(5)30(23(6)38(44,50-26)52-33)48-27-18-35(8,45-12)31(42)24(7)47-27/h19-34,41-44H,13-18H2,1-12H3/t19-,20?,21-,22-,23+,24?,25?,26+,27-,28?,29?,30-,31-,32+,33+,34-,35?,36-,37+,38-/m0/s1. The van der Waals surface area contributed by atoms with Gasteiger partial charge in [0.15, 0.2) is 12.6 Å². The summed E-state index contributed by atoms with van der Waals surface area (Å²) in [5.41, 5.74) is -3.41. The molecule has 13 nitrogen and oxygen atoms in total. The molecule has 6 unspecified atom stereocenters.